The summed E-state index contributed by atoms with van der Waals surface area (Å²) < 4.78 is 14.0. The average molecular weight is 308 g/mol. The molecule has 2 aromatic carbocycles. The van der Waals surface area contributed by atoms with Crippen LogP contribution in [0.3, 0.4) is 0 Å². The van der Waals surface area contributed by atoms with Crippen LogP contribution in [0, 0.1) is 12.7 Å². The summed E-state index contributed by atoms with van der Waals surface area (Å²) in [5.41, 5.74) is 3.41. The monoisotopic (exact) mass is 307 g/mol. The van der Waals surface area contributed by atoms with Crippen molar-refractivity contribution in [3.63, 3.8) is 0 Å². The van der Waals surface area contributed by atoms with Crippen LogP contribution in [0.5, 0.6) is 0 Å². The third-order valence-electron chi connectivity index (χ3n) is 2.95. The molecular formula is C15H15BrFN. The van der Waals surface area contributed by atoms with Crippen molar-refractivity contribution in [1.29, 1.82) is 0 Å². The Labute approximate surface area is 115 Å². The molecule has 3 heteroatoms. The fourth-order valence-electron chi connectivity index (χ4n) is 2.04. The van der Waals surface area contributed by atoms with Gasteiger partial charge in [-0.1, -0.05) is 45.8 Å². The largest absolute Gasteiger partial charge is 0.309 e. The molecule has 2 rings (SSSR count). The number of benzene rings is 2. The second-order valence-electron chi connectivity index (χ2n) is 4.30. The lowest BCUT2D eigenvalue weighted by atomic mass is 9.97. The highest BCUT2D eigenvalue weighted by Crippen LogP contribution is 2.29. The van der Waals surface area contributed by atoms with E-state index in [1.54, 1.807) is 0 Å². The Hall–Kier alpha value is -1.19. The van der Waals surface area contributed by atoms with Gasteiger partial charge in [-0.05, 0) is 43.3 Å². The number of aryl methyl sites for hydroxylation is 1. The van der Waals surface area contributed by atoms with Crippen LogP contribution in [0.1, 0.15) is 22.7 Å². The molecule has 0 spiro atoms. The minimum Gasteiger partial charge on any atom is -0.309 e. The lowest BCUT2D eigenvalue weighted by Gasteiger charge is -2.19. The van der Waals surface area contributed by atoms with Crippen LogP contribution in [0.15, 0.2) is 46.9 Å². The fourth-order valence-corrected chi connectivity index (χ4v) is 2.52. The van der Waals surface area contributed by atoms with Gasteiger partial charge in [-0.25, -0.2) is 4.39 Å². The number of halogens is 2. The minimum absolute atomic E-state index is 0.0554. The molecule has 2 aromatic rings. The smallest absolute Gasteiger partial charge is 0.123 e. The van der Waals surface area contributed by atoms with Crippen molar-refractivity contribution in [3.8, 4) is 0 Å². The number of hydrogen-bond acceptors (Lipinski definition) is 1. The molecule has 0 aliphatic carbocycles. The highest BCUT2D eigenvalue weighted by molar-refractivity contribution is 9.10. The third kappa shape index (κ3) is 2.79. The summed E-state index contributed by atoms with van der Waals surface area (Å²) in [7, 11) is 1.91. The Kier molecular flexibility index (Phi) is 4.15. The van der Waals surface area contributed by atoms with Crippen molar-refractivity contribution in [2.45, 2.75) is 13.0 Å². The Balaban J connectivity index is 2.44. The molecule has 0 amide bonds. The predicted molar refractivity (Wildman–Crippen MR) is 76.2 cm³/mol. The van der Waals surface area contributed by atoms with Crippen molar-refractivity contribution in [2.24, 2.45) is 0 Å². The van der Waals surface area contributed by atoms with Gasteiger partial charge in [-0.2, -0.15) is 0 Å². The van der Waals surface area contributed by atoms with Crippen molar-refractivity contribution >= 4 is 15.9 Å². The van der Waals surface area contributed by atoms with Crippen LogP contribution in [0.4, 0.5) is 4.39 Å². The van der Waals surface area contributed by atoms with Gasteiger partial charge in [0.2, 0.25) is 0 Å². The fraction of sp³-hybridized carbons (Fsp3) is 0.200. The molecule has 0 saturated heterocycles. The molecule has 0 bridgehead atoms. The van der Waals surface area contributed by atoms with Crippen molar-refractivity contribution in [1.82, 2.24) is 5.32 Å². The number of hydrogen-bond donors (Lipinski definition) is 1. The average Bonchev–Trinajstić information content (AvgIpc) is 2.37. The molecule has 1 nitrogen and oxygen atoms in total. The van der Waals surface area contributed by atoms with E-state index in [9.17, 15) is 4.39 Å². The van der Waals surface area contributed by atoms with E-state index in [2.05, 4.69) is 40.3 Å². The SMILES string of the molecule is CNC(c1ccc(F)cc1)c1cc(C)ccc1Br. The first-order valence-electron chi connectivity index (χ1n) is 5.80. The molecule has 0 saturated carbocycles. The van der Waals surface area contributed by atoms with Gasteiger partial charge >= 0.3 is 0 Å². The molecular weight excluding hydrogens is 293 g/mol. The van der Waals surface area contributed by atoms with Gasteiger partial charge in [0.1, 0.15) is 5.82 Å². The first-order valence-corrected chi connectivity index (χ1v) is 6.60. The minimum atomic E-state index is -0.211. The van der Waals surface area contributed by atoms with E-state index in [-0.39, 0.29) is 11.9 Å². The number of nitrogens with one attached hydrogen (secondary N) is 1. The highest BCUT2D eigenvalue weighted by atomic mass is 79.9. The second-order valence-corrected chi connectivity index (χ2v) is 5.15. The van der Waals surface area contributed by atoms with Gasteiger partial charge in [-0.3, -0.25) is 0 Å². The molecule has 18 heavy (non-hydrogen) atoms. The van der Waals surface area contributed by atoms with Gasteiger partial charge in [0, 0.05) is 4.47 Å². The zero-order chi connectivity index (χ0) is 13.1. The van der Waals surface area contributed by atoms with E-state index in [0.29, 0.717) is 0 Å². The van der Waals surface area contributed by atoms with Crippen molar-refractivity contribution in [3.05, 3.63) is 69.4 Å². The summed E-state index contributed by atoms with van der Waals surface area (Å²) in [5.74, 6) is -0.211. The van der Waals surface area contributed by atoms with Gasteiger partial charge < -0.3 is 5.32 Å². The summed E-state index contributed by atoms with van der Waals surface area (Å²) >= 11 is 3.57. The van der Waals surface area contributed by atoms with Crippen molar-refractivity contribution in [2.75, 3.05) is 7.05 Å². The molecule has 94 valence electrons. The van der Waals surface area contributed by atoms with Crippen LogP contribution >= 0.6 is 15.9 Å². The summed E-state index contributed by atoms with van der Waals surface area (Å²) in [6.45, 7) is 2.06. The molecule has 0 heterocycles. The topological polar surface area (TPSA) is 12.0 Å². The maximum absolute atomic E-state index is 13.0. The first kappa shape index (κ1) is 13.2. The van der Waals surface area contributed by atoms with Crippen LogP contribution in [-0.2, 0) is 0 Å². The Morgan fingerprint density at radius 2 is 1.78 bits per heavy atom. The zero-order valence-corrected chi connectivity index (χ0v) is 12.0. The Morgan fingerprint density at radius 3 is 2.39 bits per heavy atom. The maximum atomic E-state index is 13.0. The molecule has 1 atom stereocenters. The van der Waals surface area contributed by atoms with Crippen LogP contribution in [-0.4, -0.2) is 7.05 Å². The molecule has 0 aliphatic heterocycles. The normalized spacial score (nSPS) is 12.4. The first-order chi connectivity index (χ1) is 8.61. The molecule has 0 fully saturated rings. The molecule has 0 aliphatic rings. The third-order valence-corrected chi connectivity index (χ3v) is 3.68. The summed E-state index contributed by atoms with van der Waals surface area (Å²) in [5, 5.41) is 3.27. The quantitative estimate of drug-likeness (QED) is 0.896. The standard InChI is InChI=1S/C15H15BrFN/c1-10-3-8-14(16)13(9-10)15(18-2)11-4-6-12(17)7-5-11/h3-9,15,18H,1-2H3. The van der Waals surface area contributed by atoms with E-state index in [0.717, 1.165) is 15.6 Å². The predicted octanol–water partition coefficient (Wildman–Crippen LogP) is 4.21. The highest BCUT2D eigenvalue weighted by Gasteiger charge is 2.15. The summed E-state index contributed by atoms with van der Waals surface area (Å²) in [6, 6.07) is 12.9. The molecule has 0 aromatic heterocycles. The van der Waals surface area contributed by atoms with Crippen molar-refractivity contribution < 1.29 is 4.39 Å². The van der Waals surface area contributed by atoms with Crippen LogP contribution < -0.4 is 5.32 Å². The van der Waals surface area contributed by atoms with E-state index >= 15 is 0 Å². The van der Waals surface area contributed by atoms with Gasteiger partial charge in [0.05, 0.1) is 6.04 Å². The summed E-state index contributed by atoms with van der Waals surface area (Å²) in [6.07, 6.45) is 0. The van der Waals surface area contributed by atoms with Gasteiger partial charge in [-0.15, -0.1) is 0 Å². The molecule has 1 N–H and O–H groups in total. The number of rotatable bonds is 3. The second kappa shape index (κ2) is 5.63. The maximum Gasteiger partial charge on any atom is 0.123 e. The van der Waals surface area contributed by atoms with E-state index in [1.165, 1.54) is 17.7 Å². The molecule has 1 unspecified atom stereocenters. The Morgan fingerprint density at radius 1 is 1.11 bits per heavy atom. The zero-order valence-electron chi connectivity index (χ0n) is 10.4. The van der Waals surface area contributed by atoms with E-state index in [4.69, 9.17) is 0 Å². The lowest BCUT2D eigenvalue weighted by molar-refractivity contribution is 0.623. The Bertz CT molecular complexity index is 537. The van der Waals surface area contributed by atoms with Crippen LogP contribution in [0.2, 0.25) is 0 Å². The van der Waals surface area contributed by atoms with Gasteiger partial charge in [0.15, 0.2) is 0 Å². The van der Waals surface area contributed by atoms with Gasteiger partial charge in [0.25, 0.3) is 0 Å². The lowest BCUT2D eigenvalue weighted by Crippen LogP contribution is -2.18. The van der Waals surface area contributed by atoms with E-state index in [1.807, 2.05) is 25.2 Å². The molecule has 0 radical (unpaired) electrons. The van der Waals surface area contributed by atoms with Crippen LogP contribution in [0.25, 0.3) is 0 Å². The summed E-state index contributed by atoms with van der Waals surface area (Å²) in [4.78, 5) is 0. The van der Waals surface area contributed by atoms with E-state index < -0.39 is 0 Å².